The number of benzene rings is 1. The zero-order chi connectivity index (χ0) is 14.0. The van der Waals surface area contributed by atoms with Crippen LogP contribution < -0.4 is 5.32 Å². The van der Waals surface area contributed by atoms with E-state index in [4.69, 9.17) is 0 Å². The highest BCUT2D eigenvalue weighted by atomic mass is 127. The number of hydrogen-bond acceptors (Lipinski definition) is 3. The topological polar surface area (TPSA) is 63.2 Å². The van der Waals surface area contributed by atoms with Gasteiger partial charge in [0.1, 0.15) is 0 Å². The van der Waals surface area contributed by atoms with Crippen molar-refractivity contribution in [1.82, 2.24) is 0 Å². The van der Waals surface area contributed by atoms with E-state index in [1.807, 2.05) is 18.2 Å². The minimum atomic E-state index is -2.92. The van der Waals surface area contributed by atoms with Crippen LogP contribution >= 0.6 is 38.5 Å². The molecule has 104 valence electrons. The molecular formula is C12H13BrINO3S. The van der Waals surface area contributed by atoms with Crippen LogP contribution in [0.2, 0.25) is 0 Å². The standard InChI is InChI=1S/C12H13BrINO3S/c13-9-1-2-10(14)11(6-9)15-12(16)5-8-3-4-19(17,18)7-8/h1-2,6,8H,3-5,7H2,(H,15,16). The average molecular weight is 458 g/mol. The number of halogens is 2. The van der Waals surface area contributed by atoms with Gasteiger partial charge in [0.15, 0.2) is 9.84 Å². The van der Waals surface area contributed by atoms with Gasteiger partial charge in [-0.2, -0.15) is 0 Å². The van der Waals surface area contributed by atoms with Crippen LogP contribution in [0.15, 0.2) is 22.7 Å². The first-order chi connectivity index (χ1) is 8.85. The summed E-state index contributed by atoms with van der Waals surface area (Å²) >= 11 is 5.50. The molecule has 4 nitrogen and oxygen atoms in total. The third kappa shape index (κ3) is 4.42. The molecule has 0 radical (unpaired) electrons. The lowest BCUT2D eigenvalue weighted by Crippen LogP contribution is -2.18. The number of nitrogens with one attached hydrogen (secondary N) is 1. The normalized spacial score (nSPS) is 21.3. The fourth-order valence-corrected chi connectivity index (χ4v) is 4.78. The van der Waals surface area contributed by atoms with Gasteiger partial charge in [-0.05, 0) is 53.1 Å². The van der Waals surface area contributed by atoms with Gasteiger partial charge < -0.3 is 5.32 Å². The van der Waals surface area contributed by atoms with Gasteiger partial charge in [0.2, 0.25) is 5.91 Å². The molecule has 19 heavy (non-hydrogen) atoms. The fraction of sp³-hybridized carbons (Fsp3) is 0.417. The average Bonchev–Trinajstić information content (AvgIpc) is 2.63. The summed E-state index contributed by atoms with van der Waals surface area (Å²) < 4.78 is 24.5. The second kappa shape index (κ2) is 6.09. The predicted molar refractivity (Wildman–Crippen MR) is 86.9 cm³/mol. The summed E-state index contributed by atoms with van der Waals surface area (Å²) in [4.78, 5) is 11.9. The van der Waals surface area contributed by atoms with Gasteiger partial charge in [0.25, 0.3) is 0 Å². The van der Waals surface area contributed by atoms with Gasteiger partial charge in [-0.25, -0.2) is 8.42 Å². The van der Waals surface area contributed by atoms with Gasteiger partial charge in [0, 0.05) is 14.5 Å². The summed E-state index contributed by atoms with van der Waals surface area (Å²) in [5.41, 5.74) is 0.751. The zero-order valence-electron chi connectivity index (χ0n) is 10.0. The molecular weight excluding hydrogens is 445 g/mol. The van der Waals surface area contributed by atoms with E-state index in [2.05, 4.69) is 43.8 Å². The van der Waals surface area contributed by atoms with E-state index in [9.17, 15) is 13.2 Å². The first-order valence-corrected chi connectivity index (χ1v) is 9.50. The minimum Gasteiger partial charge on any atom is -0.325 e. The van der Waals surface area contributed by atoms with Crippen molar-refractivity contribution < 1.29 is 13.2 Å². The Kier molecular flexibility index (Phi) is 4.88. The Morgan fingerprint density at radius 2 is 2.21 bits per heavy atom. The van der Waals surface area contributed by atoms with Gasteiger partial charge in [-0.3, -0.25) is 4.79 Å². The minimum absolute atomic E-state index is 0.0465. The summed E-state index contributed by atoms with van der Waals surface area (Å²) in [5.74, 6) is 0.169. The van der Waals surface area contributed by atoms with Gasteiger partial charge >= 0.3 is 0 Å². The van der Waals surface area contributed by atoms with Crippen molar-refractivity contribution in [3.8, 4) is 0 Å². The molecule has 7 heteroatoms. The Labute approximate surface area is 134 Å². The van der Waals surface area contributed by atoms with E-state index in [0.29, 0.717) is 6.42 Å². The molecule has 1 aromatic rings. The molecule has 1 fully saturated rings. The molecule has 0 spiro atoms. The van der Waals surface area contributed by atoms with Crippen LogP contribution in [-0.4, -0.2) is 25.8 Å². The number of carbonyl (C=O) groups excluding carboxylic acids is 1. The Bertz CT molecular complexity index is 603. The van der Waals surface area contributed by atoms with Crippen LogP contribution in [0.4, 0.5) is 5.69 Å². The van der Waals surface area contributed by atoms with Crippen LogP contribution in [0.5, 0.6) is 0 Å². The summed E-state index contributed by atoms with van der Waals surface area (Å²) in [5, 5.41) is 2.83. The molecule has 1 aliphatic rings. The molecule has 1 heterocycles. The SMILES string of the molecule is O=C(CC1CCS(=O)(=O)C1)Nc1cc(Br)ccc1I. The summed E-state index contributed by atoms with van der Waals surface area (Å²) in [6.45, 7) is 0. The van der Waals surface area contributed by atoms with Gasteiger partial charge in [-0.15, -0.1) is 0 Å². The van der Waals surface area contributed by atoms with E-state index in [-0.39, 0.29) is 29.8 Å². The first-order valence-electron chi connectivity index (χ1n) is 5.81. The van der Waals surface area contributed by atoms with E-state index in [1.54, 1.807) is 0 Å². The Hall–Kier alpha value is -0.150. The molecule has 1 saturated heterocycles. The molecule has 0 saturated carbocycles. The van der Waals surface area contributed by atoms with E-state index >= 15 is 0 Å². The first kappa shape index (κ1) is 15.2. The highest BCUT2D eigenvalue weighted by Gasteiger charge is 2.29. The molecule has 1 aliphatic heterocycles. The van der Waals surface area contributed by atoms with Crippen molar-refractivity contribution in [3.63, 3.8) is 0 Å². The quantitative estimate of drug-likeness (QED) is 0.710. The van der Waals surface area contributed by atoms with Crippen LogP contribution in [-0.2, 0) is 14.6 Å². The predicted octanol–water partition coefficient (Wildman–Crippen LogP) is 2.82. The molecule has 0 bridgehead atoms. The lowest BCUT2D eigenvalue weighted by atomic mass is 10.1. The number of sulfone groups is 1. The van der Waals surface area contributed by atoms with E-state index in [0.717, 1.165) is 13.7 Å². The van der Waals surface area contributed by atoms with Gasteiger partial charge in [0.05, 0.1) is 17.2 Å². The highest BCUT2D eigenvalue weighted by molar-refractivity contribution is 14.1. The van der Waals surface area contributed by atoms with Crippen LogP contribution in [0.3, 0.4) is 0 Å². The zero-order valence-corrected chi connectivity index (χ0v) is 14.6. The summed E-state index contributed by atoms with van der Waals surface area (Å²) in [7, 11) is -2.92. The van der Waals surface area contributed by atoms with E-state index < -0.39 is 9.84 Å². The smallest absolute Gasteiger partial charge is 0.224 e. The molecule has 1 amide bonds. The highest BCUT2D eigenvalue weighted by Crippen LogP contribution is 2.25. The van der Waals surface area contributed by atoms with Crippen molar-refractivity contribution in [3.05, 3.63) is 26.2 Å². The van der Waals surface area contributed by atoms with Crippen molar-refractivity contribution in [1.29, 1.82) is 0 Å². The maximum absolute atomic E-state index is 11.9. The van der Waals surface area contributed by atoms with Crippen LogP contribution in [0.25, 0.3) is 0 Å². The molecule has 1 atom stereocenters. The molecule has 1 aromatic carbocycles. The molecule has 0 aliphatic carbocycles. The Morgan fingerprint density at radius 1 is 1.47 bits per heavy atom. The van der Waals surface area contributed by atoms with Crippen LogP contribution in [0.1, 0.15) is 12.8 Å². The maximum Gasteiger partial charge on any atom is 0.224 e. The Balaban J connectivity index is 1.97. The Morgan fingerprint density at radius 3 is 2.84 bits per heavy atom. The lowest BCUT2D eigenvalue weighted by Gasteiger charge is -2.10. The van der Waals surface area contributed by atoms with Crippen molar-refractivity contribution in [2.24, 2.45) is 5.92 Å². The van der Waals surface area contributed by atoms with Crippen molar-refractivity contribution in [2.45, 2.75) is 12.8 Å². The number of carbonyl (C=O) groups is 1. The number of hydrogen-bond donors (Lipinski definition) is 1. The van der Waals surface area contributed by atoms with Gasteiger partial charge in [-0.1, -0.05) is 15.9 Å². The fourth-order valence-electron chi connectivity index (χ4n) is 2.09. The monoisotopic (exact) mass is 457 g/mol. The third-order valence-electron chi connectivity index (χ3n) is 3.00. The van der Waals surface area contributed by atoms with E-state index in [1.165, 1.54) is 0 Å². The molecule has 2 rings (SSSR count). The molecule has 1 unspecified atom stereocenters. The summed E-state index contributed by atoms with van der Waals surface area (Å²) in [6, 6.07) is 5.65. The largest absolute Gasteiger partial charge is 0.325 e. The van der Waals surface area contributed by atoms with Crippen molar-refractivity contribution in [2.75, 3.05) is 16.8 Å². The maximum atomic E-state index is 11.9. The second-order valence-corrected chi connectivity index (χ2v) is 8.95. The van der Waals surface area contributed by atoms with Crippen LogP contribution in [0, 0.1) is 9.49 Å². The number of amides is 1. The number of rotatable bonds is 3. The van der Waals surface area contributed by atoms with Crippen molar-refractivity contribution >= 4 is 60.0 Å². The number of anilines is 1. The molecule has 1 N–H and O–H groups in total. The third-order valence-corrected chi connectivity index (χ3v) is 6.27. The molecule has 0 aromatic heterocycles. The summed E-state index contributed by atoms with van der Waals surface area (Å²) in [6.07, 6.45) is 0.854. The lowest BCUT2D eigenvalue weighted by molar-refractivity contribution is -0.116. The second-order valence-electron chi connectivity index (χ2n) is 4.65.